The van der Waals surface area contributed by atoms with Gasteiger partial charge in [0.1, 0.15) is 17.5 Å². The van der Waals surface area contributed by atoms with Gasteiger partial charge in [0.15, 0.2) is 5.82 Å². The topological polar surface area (TPSA) is 99.9 Å². The summed E-state index contributed by atoms with van der Waals surface area (Å²) in [5.41, 5.74) is 6.42. The van der Waals surface area contributed by atoms with Gasteiger partial charge in [0.05, 0.1) is 6.10 Å². The van der Waals surface area contributed by atoms with Crippen molar-refractivity contribution in [2.75, 3.05) is 11.1 Å². The van der Waals surface area contributed by atoms with Gasteiger partial charge in [-0.25, -0.2) is 4.68 Å². The highest BCUT2D eigenvalue weighted by Gasteiger charge is 2.23. The second kappa shape index (κ2) is 6.14. The van der Waals surface area contributed by atoms with Gasteiger partial charge in [0.25, 0.3) is 0 Å². The Kier molecular flexibility index (Phi) is 4.50. The van der Waals surface area contributed by atoms with E-state index in [1.54, 1.807) is 4.68 Å². The lowest BCUT2D eigenvalue weighted by atomic mass is 9.93. The molecule has 0 spiro atoms. The number of nitriles is 1. The van der Waals surface area contributed by atoms with Crippen LogP contribution >= 0.6 is 0 Å². The summed E-state index contributed by atoms with van der Waals surface area (Å²) in [4.78, 5) is 0. The molecule has 0 amide bonds. The van der Waals surface area contributed by atoms with Gasteiger partial charge in [0.2, 0.25) is 0 Å². The maximum absolute atomic E-state index is 9.52. The average molecular weight is 277 g/mol. The number of nitrogen functional groups attached to an aromatic ring is 1. The van der Waals surface area contributed by atoms with E-state index in [0.29, 0.717) is 29.7 Å². The summed E-state index contributed by atoms with van der Waals surface area (Å²) in [6, 6.07) is 2.39. The quantitative estimate of drug-likeness (QED) is 0.778. The van der Waals surface area contributed by atoms with Crippen LogP contribution in [0.5, 0.6) is 0 Å². The highest BCUT2D eigenvalue weighted by Crippen LogP contribution is 2.26. The SMILES string of the molecule is CC(C)Cn1nc(NC2CCC(O)CC2)c(C#N)c1N. The van der Waals surface area contributed by atoms with E-state index >= 15 is 0 Å². The fraction of sp³-hybridized carbons (Fsp3) is 0.714. The molecule has 1 aromatic rings. The number of hydrogen-bond donors (Lipinski definition) is 3. The zero-order valence-electron chi connectivity index (χ0n) is 12.1. The summed E-state index contributed by atoms with van der Waals surface area (Å²) < 4.78 is 1.70. The molecule has 1 fully saturated rings. The first-order chi connectivity index (χ1) is 9.51. The molecule has 1 heterocycles. The van der Waals surface area contributed by atoms with Gasteiger partial charge in [0, 0.05) is 12.6 Å². The van der Waals surface area contributed by atoms with E-state index in [2.05, 4.69) is 30.3 Å². The normalized spacial score (nSPS) is 22.8. The van der Waals surface area contributed by atoms with Crippen molar-refractivity contribution < 1.29 is 5.11 Å². The lowest BCUT2D eigenvalue weighted by Crippen LogP contribution is -2.28. The molecule has 0 aromatic carbocycles. The summed E-state index contributed by atoms with van der Waals surface area (Å²) in [5.74, 6) is 1.42. The number of rotatable bonds is 4. The Morgan fingerprint density at radius 3 is 2.65 bits per heavy atom. The van der Waals surface area contributed by atoms with Crippen molar-refractivity contribution in [3.63, 3.8) is 0 Å². The standard InChI is InChI=1S/C14H23N5O/c1-9(2)8-19-13(16)12(7-15)14(18-19)17-10-3-5-11(20)6-4-10/h9-11,20H,3-6,8,16H2,1-2H3,(H,17,18). The average Bonchev–Trinajstić information content (AvgIpc) is 2.67. The molecule has 0 bridgehead atoms. The molecule has 1 aliphatic rings. The Hall–Kier alpha value is -1.74. The van der Waals surface area contributed by atoms with Crippen LogP contribution in [0.25, 0.3) is 0 Å². The minimum atomic E-state index is -0.188. The second-order valence-corrected chi connectivity index (χ2v) is 5.95. The van der Waals surface area contributed by atoms with E-state index in [-0.39, 0.29) is 12.1 Å². The summed E-state index contributed by atoms with van der Waals surface area (Å²) >= 11 is 0. The third-order valence-electron chi connectivity index (χ3n) is 3.68. The Morgan fingerprint density at radius 2 is 2.10 bits per heavy atom. The van der Waals surface area contributed by atoms with Crippen LogP contribution in [-0.4, -0.2) is 27.0 Å². The molecule has 6 nitrogen and oxygen atoms in total. The van der Waals surface area contributed by atoms with Crippen molar-refractivity contribution >= 4 is 11.6 Å². The highest BCUT2D eigenvalue weighted by atomic mass is 16.3. The minimum Gasteiger partial charge on any atom is -0.393 e. The maximum Gasteiger partial charge on any atom is 0.168 e. The van der Waals surface area contributed by atoms with Crippen molar-refractivity contribution in [1.29, 1.82) is 5.26 Å². The van der Waals surface area contributed by atoms with Crippen molar-refractivity contribution in [1.82, 2.24) is 9.78 Å². The molecule has 0 atom stereocenters. The van der Waals surface area contributed by atoms with Crippen LogP contribution in [0, 0.1) is 17.2 Å². The first-order valence-electron chi connectivity index (χ1n) is 7.22. The molecule has 0 unspecified atom stereocenters. The Morgan fingerprint density at radius 1 is 1.45 bits per heavy atom. The van der Waals surface area contributed by atoms with E-state index in [1.165, 1.54) is 0 Å². The van der Waals surface area contributed by atoms with E-state index in [9.17, 15) is 10.4 Å². The summed E-state index contributed by atoms with van der Waals surface area (Å²) in [6.45, 7) is 4.87. The summed E-state index contributed by atoms with van der Waals surface area (Å²) in [5, 5.41) is 26.5. The smallest absolute Gasteiger partial charge is 0.168 e. The van der Waals surface area contributed by atoms with Gasteiger partial charge in [-0.15, -0.1) is 0 Å². The second-order valence-electron chi connectivity index (χ2n) is 5.95. The predicted octanol–water partition coefficient (Wildman–Crippen LogP) is 1.71. The van der Waals surface area contributed by atoms with Crippen molar-refractivity contribution in [2.45, 2.75) is 58.2 Å². The Labute approximate surface area is 119 Å². The van der Waals surface area contributed by atoms with Crippen LogP contribution < -0.4 is 11.1 Å². The zero-order valence-corrected chi connectivity index (χ0v) is 12.1. The van der Waals surface area contributed by atoms with E-state index < -0.39 is 0 Å². The Bertz CT molecular complexity index is 494. The largest absolute Gasteiger partial charge is 0.393 e. The molecule has 0 saturated heterocycles. The molecule has 6 heteroatoms. The van der Waals surface area contributed by atoms with Crippen molar-refractivity contribution in [3.8, 4) is 6.07 Å². The van der Waals surface area contributed by atoms with Crippen LogP contribution in [0.15, 0.2) is 0 Å². The molecule has 110 valence electrons. The molecule has 4 N–H and O–H groups in total. The lowest BCUT2D eigenvalue weighted by Gasteiger charge is -2.26. The monoisotopic (exact) mass is 277 g/mol. The van der Waals surface area contributed by atoms with E-state index in [4.69, 9.17) is 5.73 Å². The van der Waals surface area contributed by atoms with Gasteiger partial charge in [-0.2, -0.15) is 10.4 Å². The van der Waals surface area contributed by atoms with Crippen molar-refractivity contribution in [2.24, 2.45) is 5.92 Å². The van der Waals surface area contributed by atoms with Gasteiger partial charge in [-0.3, -0.25) is 0 Å². The minimum absolute atomic E-state index is 0.188. The lowest BCUT2D eigenvalue weighted by molar-refractivity contribution is 0.126. The third kappa shape index (κ3) is 3.23. The molecule has 1 saturated carbocycles. The van der Waals surface area contributed by atoms with Gasteiger partial charge >= 0.3 is 0 Å². The van der Waals surface area contributed by atoms with Gasteiger partial charge in [-0.1, -0.05) is 13.8 Å². The molecular formula is C14H23N5O. The molecule has 2 rings (SSSR count). The number of aliphatic hydroxyl groups is 1. The molecule has 0 radical (unpaired) electrons. The van der Waals surface area contributed by atoms with Crippen LogP contribution in [0.4, 0.5) is 11.6 Å². The molecule has 0 aliphatic heterocycles. The fourth-order valence-corrected chi connectivity index (χ4v) is 2.58. The van der Waals surface area contributed by atoms with Gasteiger partial charge < -0.3 is 16.2 Å². The number of anilines is 2. The van der Waals surface area contributed by atoms with Crippen LogP contribution in [0.2, 0.25) is 0 Å². The molecular weight excluding hydrogens is 254 g/mol. The van der Waals surface area contributed by atoms with E-state index in [1.807, 2.05) is 0 Å². The van der Waals surface area contributed by atoms with Crippen LogP contribution in [0.3, 0.4) is 0 Å². The number of nitrogens with zero attached hydrogens (tertiary/aromatic N) is 3. The highest BCUT2D eigenvalue weighted by molar-refractivity contribution is 5.64. The molecule has 20 heavy (non-hydrogen) atoms. The Balaban J connectivity index is 2.13. The van der Waals surface area contributed by atoms with Crippen LogP contribution in [-0.2, 0) is 6.54 Å². The first-order valence-corrected chi connectivity index (χ1v) is 7.22. The maximum atomic E-state index is 9.52. The fourth-order valence-electron chi connectivity index (χ4n) is 2.58. The number of nitrogens with one attached hydrogen (secondary N) is 1. The molecule has 1 aliphatic carbocycles. The first kappa shape index (κ1) is 14.7. The number of nitrogens with two attached hydrogens (primary N) is 1. The number of hydrogen-bond acceptors (Lipinski definition) is 5. The number of aliphatic hydroxyl groups excluding tert-OH is 1. The number of aromatic nitrogens is 2. The third-order valence-corrected chi connectivity index (χ3v) is 3.68. The summed E-state index contributed by atoms with van der Waals surface area (Å²) in [6.07, 6.45) is 3.18. The van der Waals surface area contributed by atoms with Crippen LogP contribution in [0.1, 0.15) is 45.1 Å². The van der Waals surface area contributed by atoms with E-state index in [0.717, 1.165) is 25.7 Å². The predicted molar refractivity (Wildman–Crippen MR) is 78.1 cm³/mol. The van der Waals surface area contributed by atoms with Gasteiger partial charge in [-0.05, 0) is 31.6 Å². The molecule has 1 aromatic heterocycles. The van der Waals surface area contributed by atoms with Crippen molar-refractivity contribution in [3.05, 3.63) is 5.56 Å². The summed E-state index contributed by atoms with van der Waals surface area (Å²) in [7, 11) is 0. The zero-order chi connectivity index (χ0) is 14.7.